The molecule has 0 unspecified atom stereocenters. The van der Waals surface area contributed by atoms with Crippen molar-refractivity contribution in [1.29, 1.82) is 0 Å². The highest BCUT2D eigenvalue weighted by atomic mass is 35.5. The van der Waals surface area contributed by atoms with Crippen molar-refractivity contribution in [2.24, 2.45) is 0 Å². The number of carboxylic acid groups (broad SMARTS) is 1. The molecule has 2 heterocycles. The molecular weight excluding hydrogens is 529 g/mol. The van der Waals surface area contributed by atoms with Crippen molar-refractivity contribution in [3.05, 3.63) is 64.3 Å². The number of carbonyl (C=O) groups is 1. The van der Waals surface area contributed by atoms with E-state index in [-0.39, 0.29) is 24.1 Å². The van der Waals surface area contributed by atoms with E-state index < -0.39 is 12.7 Å². The molecule has 1 aliphatic heterocycles. The molecule has 1 saturated heterocycles. The molecule has 0 spiro atoms. The Balaban J connectivity index is 1.57. The highest BCUT2D eigenvalue weighted by Gasteiger charge is 2.21. The lowest BCUT2D eigenvalue weighted by Crippen LogP contribution is -2.44. The van der Waals surface area contributed by atoms with Crippen molar-refractivity contribution < 1.29 is 23.4 Å². The number of rotatable bonds is 8. The van der Waals surface area contributed by atoms with E-state index in [9.17, 15) is 18.7 Å². The third-order valence-electron chi connectivity index (χ3n) is 5.76. The molecule has 4 rings (SSSR count). The molecule has 9 nitrogen and oxygen atoms in total. The van der Waals surface area contributed by atoms with Crippen molar-refractivity contribution in [2.45, 2.75) is 13.2 Å². The summed E-state index contributed by atoms with van der Waals surface area (Å²) in [5.74, 6) is 0.166. The topological polar surface area (TPSA) is 94.1 Å². The zero-order valence-corrected chi connectivity index (χ0v) is 21.3. The molecule has 1 amide bonds. The Morgan fingerprint density at radius 1 is 1.16 bits per heavy atom. The second kappa shape index (κ2) is 11.8. The normalized spacial score (nSPS) is 14.1. The Kier molecular flexibility index (Phi) is 8.47. The van der Waals surface area contributed by atoms with Crippen LogP contribution in [0.3, 0.4) is 0 Å². The number of ether oxygens (including phenoxy) is 1. The van der Waals surface area contributed by atoms with Gasteiger partial charge in [-0.05, 0) is 49.0 Å². The van der Waals surface area contributed by atoms with Crippen molar-refractivity contribution in [1.82, 2.24) is 14.9 Å². The molecule has 196 valence electrons. The second-order valence-corrected chi connectivity index (χ2v) is 9.16. The SMILES string of the molecule is CN1CCN(c2ccc(Nc3nccc(N(Cc4cc(Cl)ccc4Cl)C(=O)O)n3)cc2OC(F)F)CC1. The molecule has 0 radical (unpaired) electrons. The van der Waals surface area contributed by atoms with Crippen LogP contribution in [0.15, 0.2) is 48.7 Å². The van der Waals surface area contributed by atoms with E-state index >= 15 is 0 Å². The number of likely N-dealkylation sites (N-methyl/N-ethyl adjacent to an activating group) is 1. The van der Waals surface area contributed by atoms with E-state index in [1.165, 1.54) is 18.3 Å². The molecule has 1 aliphatic rings. The molecule has 13 heteroatoms. The van der Waals surface area contributed by atoms with Crippen LogP contribution in [0.2, 0.25) is 10.0 Å². The predicted octanol–water partition coefficient (Wildman–Crippen LogP) is 5.56. The zero-order chi connectivity index (χ0) is 26.5. The first kappa shape index (κ1) is 26.6. The van der Waals surface area contributed by atoms with Gasteiger partial charge in [-0.2, -0.15) is 13.8 Å². The van der Waals surface area contributed by atoms with Crippen LogP contribution >= 0.6 is 23.2 Å². The minimum absolute atomic E-state index is 0.0171. The van der Waals surface area contributed by atoms with Gasteiger partial charge in [0.25, 0.3) is 0 Å². The third kappa shape index (κ3) is 6.88. The van der Waals surface area contributed by atoms with Crippen LogP contribution in [-0.4, -0.2) is 65.9 Å². The average Bonchev–Trinajstić information content (AvgIpc) is 2.85. The molecule has 2 aromatic carbocycles. The van der Waals surface area contributed by atoms with Crippen molar-refractivity contribution in [3.8, 4) is 5.75 Å². The number of nitrogens with zero attached hydrogens (tertiary/aromatic N) is 5. The summed E-state index contributed by atoms with van der Waals surface area (Å²) in [7, 11) is 2.00. The minimum Gasteiger partial charge on any atom is -0.465 e. The van der Waals surface area contributed by atoms with Crippen LogP contribution in [0.1, 0.15) is 5.56 Å². The third-order valence-corrected chi connectivity index (χ3v) is 6.36. The summed E-state index contributed by atoms with van der Waals surface area (Å²) in [5, 5.41) is 13.5. The molecule has 2 N–H and O–H groups in total. The van der Waals surface area contributed by atoms with Crippen LogP contribution in [0.25, 0.3) is 0 Å². The van der Waals surface area contributed by atoms with Crippen LogP contribution in [0.5, 0.6) is 5.75 Å². The summed E-state index contributed by atoms with van der Waals surface area (Å²) in [5.41, 5.74) is 1.45. The van der Waals surface area contributed by atoms with Gasteiger partial charge in [0.05, 0.1) is 12.2 Å². The Hall–Kier alpha value is -3.41. The number of halogens is 4. The van der Waals surface area contributed by atoms with E-state index in [1.54, 1.807) is 30.3 Å². The van der Waals surface area contributed by atoms with Gasteiger partial charge < -0.3 is 25.0 Å². The van der Waals surface area contributed by atoms with Crippen LogP contribution in [0, 0.1) is 0 Å². The fourth-order valence-electron chi connectivity index (χ4n) is 3.86. The standard InChI is InChI=1S/C24H24Cl2F2N6O3/c1-32-8-10-33(11-9-32)19-5-3-17(13-20(19)37-22(27)28)30-23-29-7-6-21(31-23)34(24(35)36)14-15-12-16(25)2-4-18(15)26/h2-7,12-13,22H,8-11,14H2,1H3,(H,35,36)(H,29,30,31). The van der Waals surface area contributed by atoms with Gasteiger partial charge in [0.1, 0.15) is 5.82 Å². The number of nitrogens with one attached hydrogen (secondary N) is 1. The number of piperazine rings is 1. The summed E-state index contributed by atoms with van der Waals surface area (Å²) >= 11 is 12.2. The van der Waals surface area contributed by atoms with Crippen LogP contribution in [-0.2, 0) is 6.54 Å². The Morgan fingerprint density at radius 2 is 1.92 bits per heavy atom. The first-order chi connectivity index (χ1) is 17.7. The lowest BCUT2D eigenvalue weighted by atomic mass is 10.2. The van der Waals surface area contributed by atoms with Gasteiger partial charge in [0.15, 0.2) is 5.75 Å². The first-order valence-corrected chi connectivity index (χ1v) is 12.0. The summed E-state index contributed by atoms with van der Waals surface area (Å²) in [4.78, 5) is 25.6. The number of hydrogen-bond donors (Lipinski definition) is 2. The van der Waals surface area contributed by atoms with Gasteiger partial charge in [0, 0.05) is 54.2 Å². The summed E-state index contributed by atoms with van der Waals surface area (Å²) in [6.07, 6.45) is 0.125. The maximum atomic E-state index is 13.2. The van der Waals surface area contributed by atoms with Crippen molar-refractivity contribution >= 4 is 52.4 Å². The highest BCUT2D eigenvalue weighted by Crippen LogP contribution is 2.34. The number of anilines is 4. The monoisotopic (exact) mass is 552 g/mol. The van der Waals surface area contributed by atoms with E-state index in [0.717, 1.165) is 18.0 Å². The van der Waals surface area contributed by atoms with Crippen LogP contribution < -0.4 is 19.9 Å². The van der Waals surface area contributed by atoms with Crippen molar-refractivity contribution in [3.63, 3.8) is 0 Å². The molecule has 0 saturated carbocycles. The number of hydrogen-bond acceptors (Lipinski definition) is 7. The number of benzene rings is 2. The highest BCUT2D eigenvalue weighted by molar-refractivity contribution is 6.33. The van der Waals surface area contributed by atoms with Gasteiger partial charge >= 0.3 is 12.7 Å². The lowest BCUT2D eigenvalue weighted by Gasteiger charge is -2.34. The fraction of sp³-hybridized carbons (Fsp3) is 0.292. The van der Waals surface area contributed by atoms with E-state index in [1.807, 2.05) is 11.9 Å². The molecule has 0 bridgehead atoms. The smallest absolute Gasteiger partial charge is 0.413 e. The first-order valence-electron chi connectivity index (χ1n) is 11.3. The molecule has 3 aromatic rings. The quantitative estimate of drug-likeness (QED) is 0.375. The van der Waals surface area contributed by atoms with Gasteiger partial charge in [-0.1, -0.05) is 23.2 Å². The molecule has 37 heavy (non-hydrogen) atoms. The molecular formula is C24H24Cl2F2N6O3. The maximum absolute atomic E-state index is 13.2. The van der Waals surface area contributed by atoms with Gasteiger partial charge in [-0.15, -0.1) is 0 Å². The Labute approximate surface area is 222 Å². The number of amides is 1. The fourth-order valence-corrected chi connectivity index (χ4v) is 4.23. The Bertz CT molecular complexity index is 1260. The largest absolute Gasteiger partial charge is 0.465 e. The van der Waals surface area contributed by atoms with E-state index in [2.05, 4.69) is 20.2 Å². The number of alkyl halides is 2. The Morgan fingerprint density at radius 3 is 2.62 bits per heavy atom. The molecule has 1 aromatic heterocycles. The molecule has 1 fully saturated rings. The van der Waals surface area contributed by atoms with Gasteiger partial charge in [-0.3, -0.25) is 4.90 Å². The molecule has 0 aliphatic carbocycles. The maximum Gasteiger partial charge on any atom is 0.413 e. The average molecular weight is 553 g/mol. The molecule has 0 atom stereocenters. The van der Waals surface area contributed by atoms with Crippen LogP contribution in [0.4, 0.5) is 36.7 Å². The van der Waals surface area contributed by atoms with E-state index in [4.69, 9.17) is 27.9 Å². The second-order valence-electron chi connectivity index (χ2n) is 8.32. The summed E-state index contributed by atoms with van der Waals surface area (Å²) in [6.45, 7) is -0.142. The van der Waals surface area contributed by atoms with E-state index in [0.29, 0.717) is 40.1 Å². The predicted molar refractivity (Wildman–Crippen MR) is 139 cm³/mol. The van der Waals surface area contributed by atoms with Gasteiger partial charge in [0.2, 0.25) is 5.95 Å². The van der Waals surface area contributed by atoms with Crippen molar-refractivity contribution in [2.75, 3.05) is 48.3 Å². The zero-order valence-electron chi connectivity index (χ0n) is 19.7. The summed E-state index contributed by atoms with van der Waals surface area (Å²) in [6, 6.07) is 11.0. The van der Waals surface area contributed by atoms with Gasteiger partial charge in [-0.25, -0.2) is 9.78 Å². The number of aromatic nitrogens is 2. The minimum atomic E-state index is -3.00. The summed E-state index contributed by atoms with van der Waals surface area (Å²) < 4.78 is 31.1. The lowest BCUT2D eigenvalue weighted by molar-refractivity contribution is -0.0495.